The van der Waals surface area contributed by atoms with Gasteiger partial charge in [0.25, 0.3) is 5.69 Å². The first-order valence-electron chi connectivity index (χ1n) is 11.4. The number of benzene rings is 2. The SMILES string of the molecule is COc1cc2c(cc1O)C(=NOc1cccc([N+](=O)[O-])c1)C[C@@H]1[C@@H]2CC[C@]2(C)[C@@H](O)CC[C@@H]12. The van der Waals surface area contributed by atoms with Crippen LogP contribution in [0.2, 0.25) is 0 Å². The zero-order valence-corrected chi connectivity index (χ0v) is 18.7. The Labute approximate surface area is 192 Å². The maximum atomic E-state index is 11.1. The Morgan fingerprint density at radius 1 is 1.21 bits per heavy atom. The second kappa shape index (κ2) is 8.02. The first-order valence-corrected chi connectivity index (χ1v) is 11.4. The summed E-state index contributed by atoms with van der Waals surface area (Å²) in [6.45, 7) is 2.20. The number of phenolic OH excluding ortho intramolecular Hbond substituents is 1. The van der Waals surface area contributed by atoms with Gasteiger partial charge in [0.1, 0.15) is 0 Å². The third-order valence-corrected chi connectivity index (χ3v) is 8.17. The number of aromatic hydroxyl groups is 1. The van der Waals surface area contributed by atoms with Crippen molar-refractivity contribution in [1.82, 2.24) is 0 Å². The van der Waals surface area contributed by atoms with Crippen molar-refractivity contribution < 1.29 is 24.7 Å². The molecule has 2 aromatic carbocycles. The van der Waals surface area contributed by atoms with Gasteiger partial charge in [-0.3, -0.25) is 10.1 Å². The minimum absolute atomic E-state index is 0.0367. The minimum atomic E-state index is -0.473. The van der Waals surface area contributed by atoms with Crippen molar-refractivity contribution in [3.63, 3.8) is 0 Å². The monoisotopic (exact) mass is 452 g/mol. The quantitative estimate of drug-likeness (QED) is 0.510. The van der Waals surface area contributed by atoms with Crippen LogP contribution in [0.25, 0.3) is 0 Å². The van der Waals surface area contributed by atoms with Gasteiger partial charge < -0.3 is 19.8 Å². The Bertz CT molecular complexity index is 1130. The number of nitro benzene ring substituents is 1. The molecule has 0 spiro atoms. The number of rotatable bonds is 4. The summed E-state index contributed by atoms with van der Waals surface area (Å²) < 4.78 is 5.39. The van der Waals surface area contributed by atoms with E-state index in [1.165, 1.54) is 19.2 Å². The summed E-state index contributed by atoms with van der Waals surface area (Å²) in [6, 6.07) is 9.50. The van der Waals surface area contributed by atoms with Crippen LogP contribution in [0.4, 0.5) is 5.69 Å². The van der Waals surface area contributed by atoms with E-state index in [0.717, 1.165) is 36.8 Å². The molecule has 0 aliphatic heterocycles. The number of nitrogens with zero attached hydrogens (tertiary/aromatic N) is 2. The van der Waals surface area contributed by atoms with E-state index in [0.29, 0.717) is 23.8 Å². The Morgan fingerprint density at radius 3 is 2.79 bits per heavy atom. The van der Waals surface area contributed by atoms with Crippen LogP contribution in [-0.2, 0) is 0 Å². The van der Waals surface area contributed by atoms with Crippen LogP contribution in [0, 0.1) is 27.4 Å². The molecule has 2 saturated carbocycles. The molecule has 0 heterocycles. The molecule has 0 bridgehead atoms. The van der Waals surface area contributed by atoms with Crippen LogP contribution in [0.3, 0.4) is 0 Å². The second-order valence-corrected chi connectivity index (χ2v) is 9.71. The molecular formula is C25H28N2O6. The Kier molecular flexibility index (Phi) is 5.28. The first kappa shape index (κ1) is 21.7. The van der Waals surface area contributed by atoms with Gasteiger partial charge in [-0.15, -0.1) is 0 Å². The molecule has 0 amide bonds. The van der Waals surface area contributed by atoms with Crippen molar-refractivity contribution in [2.45, 2.75) is 51.0 Å². The smallest absolute Gasteiger partial charge is 0.273 e. The van der Waals surface area contributed by atoms with Gasteiger partial charge in [0.2, 0.25) is 0 Å². The van der Waals surface area contributed by atoms with Gasteiger partial charge >= 0.3 is 0 Å². The number of non-ortho nitro benzene ring substituents is 1. The molecule has 8 heteroatoms. The van der Waals surface area contributed by atoms with E-state index in [9.17, 15) is 20.3 Å². The van der Waals surface area contributed by atoms with Crippen molar-refractivity contribution in [2.24, 2.45) is 22.4 Å². The highest BCUT2D eigenvalue weighted by Gasteiger charge is 2.55. The summed E-state index contributed by atoms with van der Waals surface area (Å²) in [6.07, 6.45) is 4.06. The highest BCUT2D eigenvalue weighted by atomic mass is 16.6. The van der Waals surface area contributed by atoms with Crippen molar-refractivity contribution in [3.8, 4) is 17.2 Å². The van der Waals surface area contributed by atoms with Crippen LogP contribution in [0.5, 0.6) is 17.2 Å². The van der Waals surface area contributed by atoms with Crippen molar-refractivity contribution in [3.05, 3.63) is 57.6 Å². The molecule has 0 radical (unpaired) electrons. The maximum absolute atomic E-state index is 11.1. The number of phenols is 1. The normalized spacial score (nSPS) is 31.4. The van der Waals surface area contributed by atoms with Crippen molar-refractivity contribution >= 4 is 11.4 Å². The third kappa shape index (κ3) is 3.53. The van der Waals surface area contributed by atoms with Gasteiger partial charge in [0.15, 0.2) is 17.2 Å². The van der Waals surface area contributed by atoms with Crippen molar-refractivity contribution in [1.29, 1.82) is 0 Å². The van der Waals surface area contributed by atoms with Gasteiger partial charge in [-0.05, 0) is 79.0 Å². The molecule has 2 aromatic rings. The second-order valence-electron chi connectivity index (χ2n) is 9.71. The molecule has 2 fully saturated rings. The van der Waals surface area contributed by atoms with E-state index in [-0.39, 0.29) is 40.5 Å². The summed E-state index contributed by atoms with van der Waals surface area (Å²) in [7, 11) is 1.54. The number of hydrogen-bond donors (Lipinski definition) is 2. The number of hydrogen-bond acceptors (Lipinski definition) is 7. The highest BCUT2D eigenvalue weighted by Crippen LogP contribution is 2.61. The van der Waals surface area contributed by atoms with E-state index < -0.39 is 4.92 Å². The van der Waals surface area contributed by atoms with Crippen molar-refractivity contribution in [2.75, 3.05) is 7.11 Å². The molecule has 0 unspecified atom stereocenters. The summed E-state index contributed by atoms with van der Waals surface area (Å²) >= 11 is 0. The molecule has 33 heavy (non-hydrogen) atoms. The zero-order valence-electron chi connectivity index (χ0n) is 18.7. The van der Waals surface area contributed by atoms with E-state index in [2.05, 4.69) is 12.1 Å². The maximum Gasteiger partial charge on any atom is 0.273 e. The molecule has 8 nitrogen and oxygen atoms in total. The number of nitro groups is 1. The average Bonchev–Trinajstić information content (AvgIpc) is 3.11. The molecule has 3 aliphatic rings. The summed E-state index contributed by atoms with van der Waals surface area (Å²) in [5.74, 6) is 1.68. The minimum Gasteiger partial charge on any atom is -0.504 e. The van der Waals surface area contributed by atoms with Crippen LogP contribution in [0.1, 0.15) is 56.1 Å². The number of oxime groups is 1. The first-order chi connectivity index (χ1) is 15.8. The summed E-state index contributed by atoms with van der Waals surface area (Å²) in [5, 5.41) is 36.7. The number of fused-ring (bicyclic) bond motifs is 5. The molecule has 5 rings (SSSR count). The molecule has 5 atom stereocenters. The molecule has 0 aromatic heterocycles. The lowest BCUT2D eigenvalue weighted by Crippen LogP contribution is -2.45. The topological polar surface area (TPSA) is 114 Å². The average molecular weight is 453 g/mol. The number of aliphatic hydroxyl groups excluding tert-OH is 1. The fourth-order valence-corrected chi connectivity index (χ4v) is 6.42. The van der Waals surface area contributed by atoms with Gasteiger partial charge in [0, 0.05) is 11.6 Å². The van der Waals surface area contributed by atoms with Gasteiger partial charge in [0.05, 0.1) is 29.9 Å². The van der Waals surface area contributed by atoms with Gasteiger partial charge in [-0.25, -0.2) is 0 Å². The van der Waals surface area contributed by atoms with Crippen LogP contribution < -0.4 is 9.57 Å². The predicted octanol–water partition coefficient (Wildman–Crippen LogP) is 4.77. The number of aliphatic hydroxyl groups is 1. The van der Waals surface area contributed by atoms with Gasteiger partial charge in [-0.1, -0.05) is 18.1 Å². The van der Waals surface area contributed by atoms with Crippen LogP contribution in [0.15, 0.2) is 41.6 Å². The Morgan fingerprint density at radius 2 is 2.03 bits per heavy atom. The molecular weight excluding hydrogens is 424 g/mol. The summed E-state index contributed by atoms with van der Waals surface area (Å²) in [5.41, 5.74) is 2.42. The van der Waals surface area contributed by atoms with E-state index in [4.69, 9.17) is 9.57 Å². The van der Waals surface area contributed by atoms with Gasteiger partial charge in [-0.2, -0.15) is 0 Å². The van der Waals surface area contributed by atoms with Crippen LogP contribution in [-0.4, -0.2) is 34.1 Å². The fraction of sp³-hybridized carbons (Fsp3) is 0.480. The molecule has 3 aliphatic carbocycles. The Hall–Kier alpha value is -3.13. The third-order valence-electron chi connectivity index (χ3n) is 8.17. The standard InChI is InChI=1S/C25H28N2O6/c1-25-9-8-16-17-13-23(32-2)22(28)12-19(17)21(11-18(16)20(25)6-7-24(25)29)26-33-15-5-3-4-14(10-15)27(30)31/h3-5,10,12-13,16,18,20,24,28-29H,6-9,11H2,1-2H3/t16-,18-,20+,24+,25+/m1/s1. The lowest BCUT2D eigenvalue weighted by molar-refractivity contribution is -0.384. The lowest BCUT2D eigenvalue weighted by Gasteiger charge is -2.50. The van der Waals surface area contributed by atoms with E-state index >= 15 is 0 Å². The number of methoxy groups -OCH3 is 1. The molecule has 0 saturated heterocycles. The lowest BCUT2D eigenvalue weighted by atomic mass is 9.55. The van der Waals surface area contributed by atoms with Crippen LogP contribution >= 0.6 is 0 Å². The predicted molar refractivity (Wildman–Crippen MR) is 122 cm³/mol. The zero-order chi connectivity index (χ0) is 23.3. The summed E-state index contributed by atoms with van der Waals surface area (Å²) in [4.78, 5) is 16.3. The molecule has 2 N–H and O–H groups in total. The number of ether oxygens (including phenoxy) is 1. The van der Waals surface area contributed by atoms with E-state index in [1.807, 2.05) is 6.07 Å². The van der Waals surface area contributed by atoms with E-state index in [1.54, 1.807) is 18.2 Å². The Balaban J connectivity index is 1.55. The highest BCUT2D eigenvalue weighted by molar-refractivity contribution is 6.03. The molecule has 174 valence electrons. The largest absolute Gasteiger partial charge is 0.504 e. The fourth-order valence-electron chi connectivity index (χ4n) is 6.42.